The van der Waals surface area contributed by atoms with E-state index in [9.17, 15) is 32.4 Å². The summed E-state index contributed by atoms with van der Waals surface area (Å²) in [5.74, 6) is -4.20. The second kappa shape index (κ2) is 22.2. The Morgan fingerprint density at radius 3 is 2.17 bits per heavy atom. The highest BCUT2D eigenvalue weighted by Crippen LogP contribution is 2.41. The Kier molecular flexibility index (Phi) is 18.6. The zero-order valence-corrected chi connectivity index (χ0v) is 41.0. The number of esters is 1. The maximum Gasteiger partial charge on any atom is 0.407 e. The van der Waals surface area contributed by atoms with Gasteiger partial charge >= 0.3 is 12.1 Å². The Labute approximate surface area is 375 Å². The quantitative estimate of drug-likeness (QED) is 0.0945. The van der Waals surface area contributed by atoms with Crippen LogP contribution in [0.3, 0.4) is 0 Å². The molecule has 3 amide bonds. The molecule has 17 heteroatoms. The van der Waals surface area contributed by atoms with Gasteiger partial charge in [0, 0.05) is 48.9 Å². The lowest BCUT2D eigenvalue weighted by Crippen LogP contribution is -2.46. The van der Waals surface area contributed by atoms with Gasteiger partial charge in [-0.1, -0.05) is 53.3 Å². The molecule has 0 aromatic heterocycles. The van der Waals surface area contributed by atoms with Crippen molar-refractivity contribution in [2.75, 3.05) is 46.3 Å². The molecule has 2 aromatic rings. The largest absolute Gasteiger partial charge is 0.493 e. The number of ketones is 1. The van der Waals surface area contributed by atoms with Gasteiger partial charge in [-0.3, -0.25) is 14.4 Å². The zero-order chi connectivity index (χ0) is 47.5. The van der Waals surface area contributed by atoms with Crippen LogP contribution in [0, 0.1) is 11.8 Å². The first-order chi connectivity index (χ1) is 29.2. The first-order valence-electron chi connectivity index (χ1n) is 21.4. The predicted molar refractivity (Wildman–Crippen MR) is 245 cm³/mol. The number of hydrogen-bond acceptors (Lipinski definition) is 12. The third kappa shape index (κ3) is 15.2. The van der Waals surface area contributed by atoms with Gasteiger partial charge in [0.25, 0.3) is 0 Å². The lowest BCUT2D eigenvalue weighted by atomic mass is 9.89. The number of nitrogens with zero attached hydrogens (tertiary/aromatic N) is 1. The van der Waals surface area contributed by atoms with Crippen LogP contribution in [-0.2, 0) is 49.3 Å². The van der Waals surface area contributed by atoms with Crippen molar-refractivity contribution in [1.82, 2.24) is 15.5 Å². The molecule has 0 radical (unpaired) electrons. The number of fused-ring (bicyclic) bond motifs is 5. The van der Waals surface area contributed by atoms with Crippen molar-refractivity contribution in [2.24, 2.45) is 11.8 Å². The minimum Gasteiger partial charge on any atom is -0.493 e. The number of methoxy groups -OCH3 is 1. The van der Waals surface area contributed by atoms with E-state index in [2.05, 4.69) is 51.1 Å². The van der Waals surface area contributed by atoms with Crippen LogP contribution in [0.15, 0.2) is 48.4 Å². The third-order valence-electron chi connectivity index (χ3n) is 11.2. The average molecular weight is 916 g/mol. The van der Waals surface area contributed by atoms with E-state index in [4.69, 9.17) is 23.4 Å². The highest BCUT2D eigenvalue weighted by Gasteiger charge is 2.39. The molecule has 4 atom stereocenters. The highest BCUT2D eigenvalue weighted by molar-refractivity contribution is 7.94. The Balaban J connectivity index is 2.26. The van der Waals surface area contributed by atoms with E-state index in [-0.39, 0.29) is 44.1 Å². The molecule has 15 nitrogen and oxygen atoms in total. The van der Waals surface area contributed by atoms with Crippen LogP contribution in [-0.4, -0.2) is 109 Å². The van der Waals surface area contributed by atoms with Gasteiger partial charge < -0.3 is 38.9 Å². The number of carbonyl (C=O) groups is 5. The fourth-order valence-electron chi connectivity index (χ4n) is 6.67. The molecule has 2 N–H and O–H groups in total. The zero-order valence-electron chi connectivity index (χ0n) is 39.2. The lowest BCUT2D eigenvalue weighted by molar-refractivity contribution is -0.146. The molecule has 4 bridgehead atoms. The molecule has 0 saturated heterocycles. The van der Waals surface area contributed by atoms with Gasteiger partial charge in [-0.25, -0.2) is 18.0 Å². The Bertz CT molecular complexity index is 2080. The van der Waals surface area contributed by atoms with Crippen LogP contribution in [0.2, 0.25) is 18.1 Å². The monoisotopic (exact) mass is 915 g/mol. The third-order valence-corrected chi connectivity index (χ3v) is 17.1. The fourth-order valence-corrected chi connectivity index (χ4v) is 8.73. The van der Waals surface area contributed by atoms with Crippen LogP contribution < -0.4 is 20.1 Å². The SMILES string of the molecule is C=CS(=O)(=O)C[C@@H](CCO[Si](C)(C)C(C)(C)C)C(=O)N(C)[C@@H]1C(=O)C[C@@H](C)C(=O)N[C@H](C(=O)OC)Cc2ccc(OCCNC(=O)OC(C)(C)C)c(c2)-c2cc1ccc2OCCC. The smallest absolute Gasteiger partial charge is 0.407 e. The molecule has 1 aliphatic heterocycles. The number of ether oxygens (including phenoxy) is 4. The van der Waals surface area contributed by atoms with Crippen LogP contribution in [0.4, 0.5) is 4.79 Å². The number of hydrogen-bond donors (Lipinski definition) is 2. The Hall–Kier alpha value is -4.74. The minimum absolute atomic E-state index is 0.0294. The molecule has 0 saturated carbocycles. The first kappa shape index (κ1) is 52.6. The van der Waals surface area contributed by atoms with E-state index in [1.807, 2.05) is 6.92 Å². The van der Waals surface area contributed by atoms with Crippen molar-refractivity contribution in [1.29, 1.82) is 0 Å². The number of likely N-dealkylation sites (N-methyl/N-ethyl adjacent to an activating group) is 1. The molecule has 3 rings (SSSR count). The van der Waals surface area contributed by atoms with Gasteiger partial charge in [0.05, 0.1) is 31.9 Å². The fraction of sp³-hybridized carbons (Fsp3) is 0.587. The number of amides is 3. The molecule has 0 fully saturated rings. The second-order valence-corrected chi connectivity index (χ2v) is 25.3. The molecular formula is C46H69N3O12SSi. The van der Waals surface area contributed by atoms with E-state index < -0.39 is 83.1 Å². The summed E-state index contributed by atoms with van der Waals surface area (Å²) in [6, 6.07) is 7.92. The van der Waals surface area contributed by atoms with E-state index in [1.54, 1.807) is 64.1 Å². The second-order valence-electron chi connectivity index (χ2n) is 18.5. The molecule has 350 valence electrons. The van der Waals surface area contributed by atoms with Gasteiger partial charge in [-0.15, -0.1) is 0 Å². The van der Waals surface area contributed by atoms with Crippen LogP contribution >= 0.6 is 0 Å². The molecule has 1 aliphatic rings. The molecule has 0 unspecified atom stereocenters. The standard InChI is InChI=1S/C46H69N3O12SSi/c1-14-22-58-39-19-17-32-28-35(39)34-26-31(16-18-38(34)59-24-21-47-44(54)61-45(4,5)6)27-36(43(53)57-11)48-41(51)30(3)25-37(50)40(32)49(10)42(52)33(29-62(55,56)15-2)20-23-60-63(12,13)46(7,8)9/h15-19,26,28,30,33,36,40H,2,14,20-25,27,29H2,1,3-13H3,(H,47,54)(H,48,51)/t30-,33-,36+,40+/m1/s1. The van der Waals surface area contributed by atoms with Crippen molar-refractivity contribution in [3.63, 3.8) is 0 Å². The summed E-state index contributed by atoms with van der Waals surface area (Å²) < 4.78 is 55.4. The van der Waals surface area contributed by atoms with Crippen molar-refractivity contribution in [3.8, 4) is 22.6 Å². The first-order valence-corrected chi connectivity index (χ1v) is 26.0. The number of carbonyl (C=O) groups excluding carboxylic acids is 5. The number of alkyl carbamates (subject to hydrolysis) is 1. The Morgan fingerprint density at radius 1 is 0.968 bits per heavy atom. The van der Waals surface area contributed by atoms with Crippen LogP contribution in [0.5, 0.6) is 11.5 Å². The van der Waals surface area contributed by atoms with Crippen LogP contribution in [0.25, 0.3) is 11.1 Å². The van der Waals surface area contributed by atoms with E-state index in [0.29, 0.717) is 46.8 Å². The summed E-state index contributed by atoms with van der Waals surface area (Å²) in [7, 11) is -3.52. The van der Waals surface area contributed by atoms with Gasteiger partial charge in [-0.05, 0) is 87.1 Å². The summed E-state index contributed by atoms with van der Waals surface area (Å²) in [4.78, 5) is 69.8. The topological polar surface area (TPSA) is 193 Å². The van der Waals surface area contributed by atoms with Gasteiger partial charge in [-0.2, -0.15) is 0 Å². The minimum atomic E-state index is -3.90. The highest BCUT2D eigenvalue weighted by atomic mass is 32.2. The average Bonchev–Trinajstić information content (AvgIpc) is 3.19. The van der Waals surface area contributed by atoms with Crippen molar-refractivity contribution >= 4 is 47.8 Å². The molecule has 0 aliphatic carbocycles. The van der Waals surface area contributed by atoms with Crippen LogP contribution in [0.1, 0.15) is 91.8 Å². The maximum absolute atomic E-state index is 14.7. The number of benzene rings is 2. The number of nitrogens with one attached hydrogen (secondary N) is 2. The summed E-state index contributed by atoms with van der Waals surface area (Å²) in [6.07, 6.45) is -0.183. The summed E-state index contributed by atoms with van der Waals surface area (Å²) >= 11 is 0. The van der Waals surface area contributed by atoms with Gasteiger partial charge in [0.1, 0.15) is 35.8 Å². The lowest BCUT2D eigenvalue weighted by Gasteiger charge is -2.37. The molecule has 0 spiro atoms. The van der Waals surface area contributed by atoms with Crippen molar-refractivity contribution < 1.29 is 55.8 Å². The molecule has 1 heterocycles. The molecule has 63 heavy (non-hydrogen) atoms. The normalized spacial score (nSPS) is 17.9. The number of Topliss-reactive ketones (excluding diaryl/α,β-unsaturated/α-hetero) is 1. The van der Waals surface area contributed by atoms with E-state index in [1.165, 1.54) is 19.1 Å². The number of rotatable bonds is 17. The summed E-state index contributed by atoms with van der Waals surface area (Å²) in [5.41, 5.74) is 1.29. The van der Waals surface area contributed by atoms with E-state index >= 15 is 0 Å². The van der Waals surface area contributed by atoms with Crippen molar-refractivity contribution in [2.45, 2.75) is 117 Å². The summed E-state index contributed by atoms with van der Waals surface area (Å²) in [6.45, 7) is 23.2. The van der Waals surface area contributed by atoms with Crippen molar-refractivity contribution in [3.05, 3.63) is 59.5 Å². The van der Waals surface area contributed by atoms with E-state index in [0.717, 1.165) is 5.41 Å². The Morgan fingerprint density at radius 2 is 1.59 bits per heavy atom. The predicted octanol–water partition coefficient (Wildman–Crippen LogP) is 6.94. The van der Waals surface area contributed by atoms with Gasteiger partial charge in [0.2, 0.25) is 11.8 Å². The molecule has 2 aromatic carbocycles. The summed E-state index contributed by atoms with van der Waals surface area (Å²) in [5, 5.41) is 6.11. The molecular weight excluding hydrogens is 847 g/mol. The van der Waals surface area contributed by atoms with Gasteiger partial charge in [0.15, 0.2) is 23.9 Å². The number of sulfone groups is 1. The maximum atomic E-state index is 14.7.